The van der Waals surface area contributed by atoms with E-state index in [-0.39, 0.29) is 116 Å². The second-order valence-corrected chi connectivity index (χ2v) is 18.8. The highest BCUT2D eigenvalue weighted by atomic mass is 16.5. The number of nitrogens with one attached hydrogen (secondary N) is 6. The summed E-state index contributed by atoms with van der Waals surface area (Å²) in [5.41, 5.74) is 1.17. The number of nitrogens with zero attached hydrogens (tertiary/aromatic N) is 4. The first-order valence-electron chi connectivity index (χ1n) is 25.5. The largest absolute Gasteiger partial charge is 0.512 e. The van der Waals surface area contributed by atoms with Gasteiger partial charge in [0.25, 0.3) is 5.91 Å². The topological polar surface area (TPSA) is 424 Å². The maximum Gasteiger partial charge on any atom is 0.326 e. The summed E-state index contributed by atoms with van der Waals surface area (Å²) in [6.45, 7) is 3.81. The third-order valence-corrected chi connectivity index (χ3v) is 12.2. The molecule has 1 aliphatic heterocycles. The minimum absolute atomic E-state index is 0.0456. The number of carboxylic acid groups (broad SMARTS) is 6. The number of unbranched alkanes of at least 4 members (excludes halogenated alkanes) is 1. The molecule has 0 aromatic heterocycles. The Hall–Kier alpha value is -8.41. The molecule has 3 rings (SSSR count). The van der Waals surface area contributed by atoms with Crippen LogP contribution in [0.25, 0.3) is 0 Å². The zero-order chi connectivity index (χ0) is 59.1. The van der Waals surface area contributed by atoms with E-state index >= 15 is 0 Å². The van der Waals surface area contributed by atoms with Crippen LogP contribution in [0.3, 0.4) is 0 Å². The second kappa shape index (κ2) is 35.2. The van der Waals surface area contributed by atoms with Crippen LogP contribution in [0.2, 0.25) is 0 Å². The molecule has 13 N–H and O–H groups in total. The smallest absolute Gasteiger partial charge is 0.326 e. The van der Waals surface area contributed by atoms with E-state index in [9.17, 15) is 83.4 Å². The quantitative estimate of drug-likeness (QED) is 0.0267. The normalized spacial score (nSPS) is 15.3. The summed E-state index contributed by atoms with van der Waals surface area (Å²) in [5, 5.41) is 80.9. The van der Waals surface area contributed by atoms with Gasteiger partial charge in [0.05, 0.1) is 38.5 Å². The standard InChI is InChI=1S/C51H72N10O19/c1-33(62)28-58-17-21-60(30-45(68)69)23-19-59(20-24-61(22-18-58)31-46(70)71)29-42(64)53-27-41(63)55-40(50(77)78)26-35-10-12-36(13-11-35)80-32-43(65)54-39(25-34-7-3-2-4-8-34)47(72)52-16-6-5-9-37(48(73)74)56-51(79)57-38(49(75)76)14-15-44(66)67/h2-4,7-8,10-13,37-40,62H,1,5-6,9,14-32H2,(H,52,72)(H,53,64)(H,54,65)(H,55,63)(H,66,67)(H,68,69)(H,70,71)(H,73,74)(H,75,76)(H,77,78)(H2,56,57,79)/t37-,38-,39-,40-/m0/s1. The number of aliphatic hydroxyl groups is 1. The summed E-state index contributed by atoms with van der Waals surface area (Å²) in [5.74, 6) is -10.3. The average molecular weight is 1130 g/mol. The molecule has 4 atom stereocenters. The van der Waals surface area contributed by atoms with Gasteiger partial charge in [-0.25, -0.2) is 19.2 Å². The zero-order valence-electron chi connectivity index (χ0n) is 44.1. The van der Waals surface area contributed by atoms with Crippen LogP contribution >= 0.6 is 0 Å². The summed E-state index contributed by atoms with van der Waals surface area (Å²) in [7, 11) is 0. The van der Waals surface area contributed by atoms with Gasteiger partial charge in [-0.05, 0) is 48.9 Å². The molecule has 1 heterocycles. The summed E-state index contributed by atoms with van der Waals surface area (Å²) < 4.78 is 5.64. The molecule has 1 saturated heterocycles. The second-order valence-electron chi connectivity index (χ2n) is 18.8. The van der Waals surface area contributed by atoms with E-state index in [1.54, 1.807) is 45.0 Å². The van der Waals surface area contributed by atoms with E-state index in [4.69, 9.17) is 9.84 Å². The van der Waals surface area contributed by atoms with Crippen molar-refractivity contribution in [1.29, 1.82) is 0 Å². The highest BCUT2D eigenvalue weighted by Gasteiger charge is 2.27. The molecule has 2 aromatic rings. The fourth-order valence-corrected chi connectivity index (χ4v) is 8.09. The van der Waals surface area contributed by atoms with Crippen LogP contribution in [0.1, 0.15) is 43.2 Å². The summed E-state index contributed by atoms with van der Waals surface area (Å²) in [6.07, 6.45) is -0.768. The summed E-state index contributed by atoms with van der Waals surface area (Å²) in [4.78, 5) is 141. The van der Waals surface area contributed by atoms with Gasteiger partial charge in [-0.1, -0.05) is 49.0 Å². The van der Waals surface area contributed by atoms with Crippen molar-refractivity contribution in [2.24, 2.45) is 0 Å². The van der Waals surface area contributed by atoms with Crippen LogP contribution < -0.4 is 36.6 Å². The molecule has 1 fully saturated rings. The molecule has 0 radical (unpaired) electrons. The van der Waals surface area contributed by atoms with Gasteiger partial charge >= 0.3 is 41.8 Å². The van der Waals surface area contributed by atoms with Gasteiger partial charge in [0.1, 0.15) is 29.9 Å². The fraction of sp³-hybridized carbons (Fsp3) is 0.510. The van der Waals surface area contributed by atoms with Crippen molar-refractivity contribution in [1.82, 2.24) is 51.5 Å². The van der Waals surface area contributed by atoms with Crippen molar-refractivity contribution in [3.63, 3.8) is 0 Å². The Labute approximate surface area is 460 Å². The van der Waals surface area contributed by atoms with Crippen molar-refractivity contribution in [2.45, 2.75) is 69.1 Å². The maximum atomic E-state index is 13.4. The molecule has 29 heteroatoms. The first kappa shape index (κ1) is 65.9. The number of rotatable bonds is 33. The highest BCUT2D eigenvalue weighted by Crippen LogP contribution is 2.15. The summed E-state index contributed by atoms with van der Waals surface area (Å²) >= 11 is 0. The van der Waals surface area contributed by atoms with E-state index in [0.717, 1.165) is 0 Å². The number of carbonyl (C=O) groups is 11. The van der Waals surface area contributed by atoms with Gasteiger partial charge in [-0.15, -0.1) is 0 Å². The molecule has 0 spiro atoms. The van der Waals surface area contributed by atoms with Crippen molar-refractivity contribution < 1.29 is 93.2 Å². The maximum absolute atomic E-state index is 13.4. The van der Waals surface area contributed by atoms with E-state index in [1.165, 1.54) is 24.3 Å². The van der Waals surface area contributed by atoms with Gasteiger partial charge in [0.15, 0.2) is 6.61 Å². The van der Waals surface area contributed by atoms with Crippen molar-refractivity contribution in [3.05, 3.63) is 78.1 Å². The predicted molar refractivity (Wildman–Crippen MR) is 281 cm³/mol. The molecule has 2 aromatic carbocycles. The number of carboxylic acids is 6. The Morgan fingerprint density at radius 1 is 0.487 bits per heavy atom. The van der Waals surface area contributed by atoms with Crippen molar-refractivity contribution >= 4 is 65.5 Å². The molecular weight excluding hydrogens is 1060 g/mol. The average Bonchev–Trinajstić information content (AvgIpc) is 3.38. The van der Waals surface area contributed by atoms with Gasteiger partial charge in [0, 0.05) is 78.2 Å². The van der Waals surface area contributed by atoms with Gasteiger partial charge in [-0.3, -0.25) is 53.2 Å². The minimum Gasteiger partial charge on any atom is -0.512 e. The number of amides is 6. The van der Waals surface area contributed by atoms with Crippen LogP contribution in [0.15, 0.2) is 66.9 Å². The lowest BCUT2D eigenvalue weighted by Crippen LogP contribution is -2.51. The molecule has 440 valence electrons. The molecule has 29 nitrogen and oxygen atoms in total. The molecule has 80 heavy (non-hydrogen) atoms. The number of carbonyl (C=O) groups excluding carboxylic acids is 5. The highest BCUT2D eigenvalue weighted by molar-refractivity contribution is 5.90. The van der Waals surface area contributed by atoms with E-state index < -0.39 is 116 Å². The Kier molecular flexibility index (Phi) is 29.0. The molecular formula is C51H72N10O19. The predicted octanol–water partition coefficient (Wildman–Crippen LogP) is -2.16. The van der Waals surface area contributed by atoms with Gasteiger partial charge < -0.3 is 72.4 Å². The lowest BCUT2D eigenvalue weighted by atomic mass is 10.0. The van der Waals surface area contributed by atoms with Gasteiger partial charge in [0.2, 0.25) is 17.7 Å². The number of aliphatic hydroxyl groups excluding tert-OH is 1. The number of hydrogen-bond donors (Lipinski definition) is 13. The van der Waals surface area contributed by atoms with E-state index in [1.807, 2.05) is 10.2 Å². The molecule has 0 unspecified atom stereocenters. The SMILES string of the molecule is C=C(O)CN1CCN(CC(=O)O)CCN(CC(=O)NCC(=O)N[C@@H](Cc2ccc(OCC(=O)N[C@@H](Cc3ccccc3)C(=O)NCCCC[C@H](NC(=O)N[C@@H](CCC(=O)O)C(=O)O)C(=O)O)cc2)C(=O)O)CCN(CC(=O)O)CC1. The zero-order valence-corrected chi connectivity index (χ0v) is 44.1. The molecule has 1 aliphatic rings. The lowest BCUT2D eigenvalue weighted by Gasteiger charge is -2.33. The molecule has 6 amide bonds. The third kappa shape index (κ3) is 27.8. The minimum atomic E-state index is -1.57. The van der Waals surface area contributed by atoms with Crippen LogP contribution in [0.5, 0.6) is 5.75 Å². The van der Waals surface area contributed by atoms with Crippen LogP contribution in [0, 0.1) is 0 Å². The number of aliphatic carboxylic acids is 6. The molecule has 0 aliphatic carbocycles. The lowest BCUT2D eigenvalue weighted by molar-refractivity contribution is -0.142. The number of benzene rings is 2. The van der Waals surface area contributed by atoms with Crippen LogP contribution in [-0.4, -0.2) is 243 Å². The Bertz CT molecular complexity index is 2400. The number of urea groups is 1. The Balaban J connectivity index is 1.51. The molecule has 0 bridgehead atoms. The first-order valence-corrected chi connectivity index (χ1v) is 25.5. The van der Waals surface area contributed by atoms with Crippen molar-refractivity contribution in [2.75, 3.05) is 98.2 Å². The number of hydrogen-bond acceptors (Lipinski definition) is 17. The van der Waals surface area contributed by atoms with Gasteiger partial charge in [-0.2, -0.15) is 0 Å². The Morgan fingerprint density at radius 2 is 0.963 bits per heavy atom. The fourth-order valence-electron chi connectivity index (χ4n) is 8.09. The van der Waals surface area contributed by atoms with Crippen molar-refractivity contribution in [3.8, 4) is 5.75 Å². The number of ether oxygens (including phenoxy) is 1. The van der Waals surface area contributed by atoms with Crippen LogP contribution in [-0.2, 0) is 60.8 Å². The Morgan fingerprint density at radius 3 is 1.46 bits per heavy atom. The summed E-state index contributed by atoms with van der Waals surface area (Å²) in [6, 6.07) is 8.10. The van der Waals surface area contributed by atoms with Crippen LogP contribution in [0.4, 0.5) is 4.79 Å². The first-order chi connectivity index (χ1) is 37.9. The monoisotopic (exact) mass is 1130 g/mol. The third-order valence-electron chi connectivity index (χ3n) is 12.2. The molecule has 0 saturated carbocycles. The van der Waals surface area contributed by atoms with E-state index in [2.05, 4.69) is 33.2 Å². The van der Waals surface area contributed by atoms with E-state index in [0.29, 0.717) is 24.2 Å².